The van der Waals surface area contributed by atoms with E-state index in [9.17, 15) is 9.59 Å². The molecule has 0 unspecified atom stereocenters. The molecule has 0 aromatic carbocycles. The summed E-state index contributed by atoms with van der Waals surface area (Å²) in [5, 5.41) is 7.70. The summed E-state index contributed by atoms with van der Waals surface area (Å²) in [4.78, 5) is 32.7. The second kappa shape index (κ2) is 7.68. The first-order chi connectivity index (χ1) is 15.1. The van der Waals surface area contributed by atoms with Gasteiger partial charge < -0.3 is 9.64 Å². The minimum atomic E-state index is -0.333. The van der Waals surface area contributed by atoms with Gasteiger partial charge in [-0.2, -0.15) is 5.10 Å². The van der Waals surface area contributed by atoms with Crippen molar-refractivity contribution in [3.63, 3.8) is 0 Å². The Morgan fingerprint density at radius 1 is 1.19 bits per heavy atom. The second-order valence-corrected chi connectivity index (χ2v) is 8.24. The number of ether oxygens (including phenoxy) is 1. The van der Waals surface area contributed by atoms with Crippen molar-refractivity contribution < 1.29 is 9.53 Å². The van der Waals surface area contributed by atoms with E-state index in [0.717, 1.165) is 18.5 Å². The van der Waals surface area contributed by atoms with E-state index in [4.69, 9.17) is 4.74 Å². The molecule has 0 saturated heterocycles. The number of nitrogens with zero attached hydrogens (tertiary/aromatic N) is 4. The zero-order valence-corrected chi connectivity index (χ0v) is 17.7. The maximum absolute atomic E-state index is 13.4. The smallest absolute Gasteiger partial charge is 0.268 e. The van der Waals surface area contributed by atoms with Crippen LogP contribution >= 0.6 is 0 Å². The number of nitrogens with one attached hydrogen (secondary N) is 1. The highest BCUT2D eigenvalue weighted by molar-refractivity contribution is 5.95. The number of H-pyrrole nitrogens is 1. The molecule has 1 saturated carbocycles. The molecule has 1 fully saturated rings. The Morgan fingerprint density at radius 2 is 2.00 bits per heavy atom. The number of aryl methyl sites for hydroxylation is 1. The molecule has 1 aliphatic heterocycles. The van der Waals surface area contributed by atoms with Crippen molar-refractivity contribution in [2.75, 3.05) is 20.2 Å². The van der Waals surface area contributed by atoms with Gasteiger partial charge in [0.25, 0.3) is 11.5 Å². The van der Waals surface area contributed by atoms with E-state index >= 15 is 0 Å². The highest BCUT2D eigenvalue weighted by Crippen LogP contribution is 2.41. The molecule has 3 aromatic heterocycles. The molecule has 4 heterocycles. The van der Waals surface area contributed by atoms with Crippen LogP contribution in [-0.2, 0) is 12.8 Å². The third kappa shape index (κ3) is 3.52. The van der Waals surface area contributed by atoms with Crippen LogP contribution in [0.4, 0.5) is 0 Å². The topological polar surface area (TPSA) is 93.1 Å². The van der Waals surface area contributed by atoms with Crippen LogP contribution in [0, 0.1) is 6.92 Å². The van der Waals surface area contributed by atoms with Crippen LogP contribution in [0.25, 0.3) is 5.69 Å². The molecular weight excluding hydrogens is 394 g/mol. The standard InChI is InChI=1S/C23H25N5O3/c1-14-7-12-28(16-5-6-19(31-2)24-13-16)23(30)20(14)22(29)27-10-8-17-18(9-11-27)25-26-21(17)15-3-4-15/h5-7,12-13,15H,3-4,8-11H2,1-2H3,(H,25,26). The zero-order chi connectivity index (χ0) is 21.5. The van der Waals surface area contributed by atoms with Gasteiger partial charge >= 0.3 is 0 Å². The van der Waals surface area contributed by atoms with Crippen molar-refractivity contribution in [1.82, 2.24) is 24.6 Å². The molecule has 2 aliphatic rings. The van der Waals surface area contributed by atoms with Crippen molar-refractivity contribution in [2.24, 2.45) is 0 Å². The molecule has 31 heavy (non-hydrogen) atoms. The summed E-state index contributed by atoms with van der Waals surface area (Å²) in [6, 6.07) is 5.24. The summed E-state index contributed by atoms with van der Waals surface area (Å²) in [7, 11) is 1.54. The molecule has 8 nitrogen and oxygen atoms in total. The third-order valence-electron chi connectivity index (χ3n) is 6.22. The van der Waals surface area contributed by atoms with Crippen LogP contribution in [0.2, 0.25) is 0 Å². The summed E-state index contributed by atoms with van der Waals surface area (Å²) in [6.45, 7) is 2.96. The largest absolute Gasteiger partial charge is 0.481 e. The quantitative estimate of drug-likeness (QED) is 0.701. The Hall–Kier alpha value is -3.42. The molecule has 0 bridgehead atoms. The van der Waals surface area contributed by atoms with Crippen molar-refractivity contribution in [3.05, 3.63) is 69.0 Å². The van der Waals surface area contributed by atoms with E-state index in [0.29, 0.717) is 36.1 Å². The van der Waals surface area contributed by atoms with Gasteiger partial charge in [0, 0.05) is 43.4 Å². The fourth-order valence-electron chi connectivity index (χ4n) is 4.29. The van der Waals surface area contributed by atoms with Gasteiger partial charge in [-0.05, 0) is 49.4 Å². The molecule has 0 spiro atoms. The van der Waals surface area contributed by atoms with Gasteiger partial charge in [0.05, 0.1) is 24.7 Å². The Bertz CT molecular complexity index is 1190. The minimum Gasteiger partial charge on any atom is -0.481 e. The van der Waals surface area contributed by atoms with Gasteiger partial charge in [0.2, 0.25) is 5.88 Å². The second-order valence-electron chi connectivity index (χ2n) is 8.24. The third-order valence-corrected chi connectivity index (χ3v) is 6.22. The van der Waals surface area contributed by atoms with Crippen molar-refractivity contribution in [1.29, 1.82) is 0 Å². The van der Waals surface area contributed by atoms with Crippen LogP contribution in [0.3, 0.4) is 0 Å². The lowest BCUT2D eigenvalue weighted by Gasteiger charge is -2.21. The Kier molecular flexibility index (Phi) is 4.84. The number of aromatic nitrogens is 4. The maximum atomic E-state index is 13.4. The van der Waals surface area contributed by atoms with E-state index < -0.39 is 0 Å². The molecule has 1 N–H and O–H groups in total. The number of hydrogen-bond donors (Lipinski definition) is 1. The summed E-state index contributed by atoms with van der Waals surface area (Å²) in [5.41, 5.74) is 4.72. The lowest BCUT2D eigenvalue weighted by molar-refractivity contribution is 0.0759. The Labute approximate surface area is 179 Å². The van der Waals surface area contributed by atoms with E-state index in [2.05, 4.69) is 15.2 Å². The highest BCUT2D eigenvalue weighted by Gasteiger charge is 2.32. The predicted molar refractivity (Wildman–Crippen MR) is 115 cm³/mol. The maximum Gasteiger partial charge on any atom is 0.268 e. The van der Waals surface area contributed by atoms with E-state index in [1.807, 2.05) is 0 Å². The average molecular weight is 419 g/mol. The van der Waals surface area contributed by atoms with Gasteiger partial charge in [-0.1, -0.05) is 0 Å². The summed E-state index contributed by atoms with van der Waals surface area (Å²) in [5.74, 6) is 0.821. The number of carbonyl (C=O) groups excluding carboxylic acids is 1. The SMILES string of the molecule is COc1ccc(-n2ccc(C)c(C(=O)N3CCc4[nH]nc(C5CC5)c4CC3)c2=O)cn1. The molecule has 5 rings (SSSR count). The molecule has 8 heteroatoms. The van der Waals surface area contributed by atoms with Gasteiger partial charge in [-0.25, -0.2) is 4.98 Å². The van der Waals surface area contributed by atoms with Crippen LogP contribution < -0.4 is 10.3 Å². The normalized spacial score (nSPS) is 16.0. The van der Waals surface area contributed by atoms with Crippen molar-refractivity contribution in [2.45, 2.75) is 38.5 Å². The molecule has 0 radical (unpaired) electrons. The number of amides is 1. The molecule has 3 aromatic rings. The number of aromatic amines is 1. The van der Waals surface area contributed by atoms with E-state index in [-0.39, 0.29) is 17.0 Å². The summed E-state index contributed by atoms with van der Waals surface area (Å²) >= 11 is 0. The monoisotopic (exact) mass is 419 g/mol. The van der Waals surface area contributed by atoms with Gasteiger partial charge in [0.15, 0.2) is 0 Å². The molecule has 1 amide bonds. The Balaban J connectivity index is 1.43. The number of methoxy groups -OCH3 is 1. The minimum absolute atomic E-state index is 0.212. The molecule has 160 valence electrons. The van der Waals surface area contributed by atoms with Crippen molar-refractivity contribution >= 4 is 5.91 Å². The zero-order valence-electron chi connectivity index (χ0n) is 17.7. The van der Waals surface area contributed by atoms with E-state index in [1.165, 1.54) is 35.8 Å². The number of hydrogen-bond acceptors (Lipinski definition) is 5. The van der Waals surface area contributed by atoms with Gasteiger partial charge in [-0.3, -0.25) is 19.3 Å². The van der Waals surface area contributed by atoms with E-state index in [1.54, 1.807) is 42.4 Å². The van der Waals surface area contributed by atoms with Crippen LogP contribution in [0.1, 0.15) is 51.6 Å². The molecule has 1 aliphatic carbocycles. The lowest BCUT2D eigenvalue weighted by atomic mass is 10.1. The molecule has 0 atom stereocenters. The highest BCUT2D eigenvalue weighted by atomic mass is 16.5. The average Bonchev–Trinajstić information content (AvgIpc) is 3.58. The fourth-order valence-corrected chi connectivity index (χ4v) is 4.29. The van der Waals surface area contributed by atoms with Crippen LogP contribution in [0.15, 0.2) is 35.4 Å². The number of fused-ring (bicyclic) bond motifs is 1. The first-order valence-electron chi connectivity index (χ1n) is 10.6. The van der Waals surface area contributed by atoms with Gasteiger partial charge in [0.1, 0.15) is 5.56 Å². The number of pyridine rings is 2. The first kappa shape index (κ1) is 19.5. The number of rotatable bonds is 4. The predicted octanol–water partition coefficient (Wildman–Crippen LogP) is 2.39. The number of carbonyl (C=O) groups is 1. The van der Waals surface area contributed by atoms with Crippen molar-refractivity contribution in [3.8, 4) is 11.6 Å². The first-order valence-corrected chi connectivity index (χ1v) is 10.6. The van der Waals surface area contributed by atoms with Crippen LogP contribution in [-0.4, -0.2) is 50.8 Å². The van der Waals surface area contributed by atoms with Crippen LogP contribution in [0.5, 0.6) is 5.88 Å². The summed E-state index contributed by atoms with van der Waals surface area (Å²) in [6.07, 6.45) is 7.13. The Morgan fingerprint density at radius 3 is 2.71 bits per heavy atom. The lowest BCUT2D eigenvalue weighted by Crippen LogP contribution is -2.38. The fraction of sp³-hybridized carbons (Fsp3) is 0.391. The van der Waals surface area contributed by atoms with Gasteiger partial charge in [-0.15, -0.1) is 0 Å². The summed E-state index contributed by atoms with van der Waals surface area (Å²) < 4.78 is 6.55. The molecular formula is C23H25N5O3.